The molecule has 0 saturated carbocycles. The van der Waals surface area contributed by atoms with Gasteiger partial charge in [0, 0.05) is 7.11 Å². The summed E-state index contributed by atoms with van der Waals surface area (Å²) in [4.78, 5) is 0. The Morgan fingerprint density at radius 2 is 1.38 bits per heavy atom. The first-order chi connectivity index (χ1) is 5.64. The van der Waals surface area contributed by atoms with Gasteiger partial charge in [0.15, 0.2) is 6.10 Å². The van der Waals surface area contributed by atoms with E-state index in [0.717, 1.165) is 0 Å². The Kier molecular flexibility index (Phi) is 3.54. The fourth-order valence-electron chi connectivity index (χ4n) is 0.570. The van der Waals surface area contributed by atoms with Crippen LogP contribution in [-0.4, -0.2) is 31.7 Å². The zero-order chi connectivity index (χ0) is 10.9. The first-order valence-corrected chi connectivity index (χ1v) is 2.90. The first-order valence-electron chi connectivity index (χ1n) is 2.90. The molecule has 0 aliphatic rings. The molecule has 0 aromatic carbocycles. The molecule has 0 rings (SSSR count). The van der Waals surface area contributed by atoms with E-state index in [-0.39, 0.29) is 0 Å². The van der Waals surface area contributed by atoms with Gasteiger partial charge in [0.05, 0.1) is 0 Å². The molecule has 1 atom stereocenters. The number of ether oxygens (including phenoxy) is 1. The predicted octanol–water partition coefficient (Wildman–Crippen LogP) is 2.46. The molecule has 0 saturated heterocycles. The molecule has 1 unspecified atom stereocenters. The molecule has 0 aliphatic heterocycles. The van der Waals surface area contributed by atoms with Crippen molar-refractivity contribution in [3.8, 4) is 0 Å². The molecule has 0 heterocycles. The molecule has 0 radical (unpaired) electrons. The fraction of sp³-hybridized carbons (Fsp3) is 1.00. The van der Waals surface area contributed by atoms with E-state index in [2.05, 4.69) is 4.74 Å². The van der Waals surface area contributed by atoms with Crippen molar-refractivity contribution in [3.63, 3.8) is 0 Å². The summed E-state index contributed by atoms with van der Waals surface area (Å²) in [5, 5.41) is 0. The second-order valence-corrected chi connectivity index (χ2v) is 2.11. The number of hydrogen-bond donors (Lipinski definition) is 0. The molecule has 0 amide bonds. The molecular formula is C5H5F7O. The van der Waals surface area contributed by atoms with Crippen LogP contribution in [0.3, 0.4) is 0 Å². The third-order valence-corrected chi connectivity index (χ3v) is 1.22. The van der Waals surface area contributed by atoms with Crippen LogP contribution in [-0.2, 0) is 4.74 Å². The van der Waals surface area contributed by atoms with Gasteiger partial charge in [-0.05, 0) is 0 Å². The van der Waals surface area contributed by atoms with Crippen LogP contribution < -0.4 is 0 Å². The average molecular weight is 214 g/mol. The highest BCUT2D eigenvalue weighted by Crippen LogP contribution is 2.40. The van der Waals surface area contributed by atoms with E-state index in [1.807, 2.05) is 0 Å². The maximum atomic E-state index is 12.1. The molecule has 0 spiro atoms. The smallest absolute Gasteiger partial charge is 0.369 e. The van der Waals surface area contributed by atoms with E-state index < -0.39 is 24.6 Å². The van der Waals surface area contributed by atoms with Crippen molar-refractivity contribution >= 4 is 0 Å². The topological polar surface area (TPSA) is 9.23 Å². The molecule has 0 aliphatic carbocycles. The third kappa shape index (κ3) is 2.45. The minimum Gasteiger partial charge on any atom is -0.369 e. The minimum absolute atomic E-state index is 0.358. The van der Waals surface area contributed by atoms with Crippen LogP contribution >= 0.6 is 0 Å². The number of rotatable bonds is 3. The van der Waals surface area contributed by atoms with E-state index >= 15 is 0 Å². The first kappa shape index (κ1) is 12.5. The quantitative estimate of drug-likeness (QED) is 0.655. The molecule has 1 nitrogen and oxygen atoms in total. The van der Waals surface area contributed by atoms with Gasteiger partial charge < -0.3 is 4.74 Å². The van der Waals surface area contributed by atoms with Crippen molar-refractivity contribution in [1.82, 2.24) is 0 Å². The van der Waals surface area contributed by atoms with Gasteiger partial charge in [-0.1, -0.05) is 0 Å². The van der Waals surface area contributed by atoms with Crippen molar-refractivity contribution in [2.24, 2.45) is 0 Å². The molecule has 0 fully saturated rings. The summed E-state index contributed by atoms with van der Waals surface area (Å²) in [5.74, 6) is -5.55. The van der Waals surface area contributed by atoms with Crippen molar-refractivity contribution < 1.29 is 35.5 Å². The second-order valence-electron chi connectivity index (χ2n) is 2.11. The Hall–Kier alpha value is -0.530. The summed E-state index contributed by atoms with van der Waals surface area (Å²) < 4.78 is 85.3. The standard InChI is InChI=1S/C5H5F7O/c1-13-2(3(6)7)4(8,9)5(10,11)12/h2-3H,1H3. The molecule has 8 heteroatoms. The lowest BCUT2D eigenvalue weighted by Crippen LogP contribution is -2.51. The van der Waals surface area contributed by atoms with E-state index in [4.69, 9.17) is 0 Å². The minimum atomic E-state index is -6.04. The summed E-state index contributed by atoms with van der Waals surface area (Å²) in [5.41, 5.74) is 0. The lowest BCUT2D eigenvalue weighted by atomic mass is 10.2. The monoisotopic (exact) mass is 214 g/mol. The van der Waals surface area contributed by atoms with Gasteiger partial charge in [-0.2, -0.15) is 22.0 Å². The van der Waals surface area contributed by atoms with Gasteiger partial charge in [-0.15, -0.1) is 0 Å². The summed E-state index contributed by atoms with van der Waals surface area (Å²) in [6, 6.07) is 0. The zero-order valence-electron chi connectivity index (χ0n) is 6.21. The molecular weight excluding hydrogens is 209 g/mol. The summed E-state index contributed by atoms with van der Waals surface area (Å²) in [6.07, 6.45) is -13.4. The Balaban J connectivity index is 4.78. The van der Waals surface area contributed by atoms with Crippen LogP contribution in [0.15, 0.2) is 0 Å². The second kappa shape index (κ2) is 3.69. The highest BCUT2D eigenvalue weighted by Gasteiger charge is 2.65. The Morgan fingerprint density at radius 3 is 1.46 bits per heavy atom. The number of alkyl halides is 7. The maximum Gasteiger partial charge on any atom is 0.456 e. The van der Waals surface area contributed by atoms with Crippen molar-refractivity contribution in [2.75, 3.05) is 7.11 Å². The van der Waals surface area contributed by atoms with Crippen LogP contribution in [0, 0.1) is 0 Å². The Morgan fingerprint density at radius 1 is 1.00 bits per heavy atom. The van der Waals surface area contributed by atoms with Crippen molar-refractivity contribution in [3.05, 3.63) is 0 Å². The van der Waals surface area contributed by atoms with Crippen LogP contribution in [0.2, 0.25) is 0 Å². The Bertz CT molecular complexity index is 163. The van der Waals surface area contributed by atoms with Crippen LogP contribution in [0.5, 0.6) is 0 Å². The van der Waals surface area contributed by atoms with Crippen molar-refractivity contribution in [2.45, 2.75) is 24.6 Å². The third-order valence-electron chi connectivity index (χ3n) is 1.22. The summed E-state index contributed by atoms with van der Waals surface area (Å²) in [6.45, 7) is 0. The predicted molar refractivity (Wildman–Crippen MR) is 27.8 cm³/mol. The summed E-state index contributed by atoms with van der Waals surface area (Å²) >= 11 is 0. The summed E-state index contributed by atoms with van der Waals surface area (Å²) in [7, 11) is 0.358. The van der Waals surface area contributed by atoms with E-state index in [9.17, 15) is 30.7 Å². The van der Waals surface area contributed by atoms with Crippen LogP contribution in [0.25, 0.3) is 0 Å². The van der Waals surface area contributed by atoms with Crippen molar-refractivity contribution in [1.29, 1.82) is 0 Å². The van der Waals surface area contributed by atoms with Gasteiger partial charge in [0.1, 0.15) is 0 Å². The lowest BCUT2D eigenvalue weighted by molar-refractivity contribution is -0.329. The SMILES string of the molecule is COC(C(F)F)C(F)(F)C(F)(F)F. The fourth-order valence-corrected chi connectivity index (χ4v) is 0.570. The molecule has 0 bridgehead atoms. The average Bonchev–Trinajstić information content (AvgIpc) is 1.83. The molecule has 0 aromatic rings. The molecule has 80 valence electrons. The number of halogens is 7. The van der Waals surface area contributed by atoms with E-state index in [1.165, 1.54) is 0 Å². The van der Waals surface area contributed by atoms with Gasteiger partial charge in [-0.3, -0.25) is 0 Å². The maximum absolute atomic E-state index is 12.1. The van der Waals surface area contributed by atoms with Gasteiger partial charge in [0.2, 0.25) is 0 Å². The normalized spacial score (nSPS) is 16.4. The van der Waals surface area contributed by atoms with Gasteiger partial charge in [-0.25, -0.2) is 8.78 Å². The Labute approximate surface area is 68.5 Å². The molecule has 0 aromatic heterocycles. The molecule has 13 heavy (non-hydrogen) atoms. The lowest BCUT2D eigenvalue weighted by Gasteiger charge is -2.26. The number of methoxy groups -OCH3 is 1. The molecule has 0 N–H and O–H groups in total. The van der Waals surface area contributed by atoms with E-state index in [1.54, 1.807) is 0 Å². The van der Waals surface area contributed by atoms with Crippen LogP contribution in [0.4, 0.5) is 30.7 Å². The highest BCUT2D eigenvalue weighted by molar-refractivity contribution is 4.86. The van der Waals surface area contributed by atoms with Gasteiger partial charge >= 0.3 is 12.1 Å². The van der Waals surface area contributed by atoms with Gasteiger partial charge in [0.25, 0.3) is 6.43 Å². The van der Waals surface area contributed by atoms with Crippen LogP contribution in [0.1, 0.15) is 0 Å². The number of hydrogen-bond acceptors (Lipinski definition) is 1. The highest BCUT2D eigenvalue weighted by atomic mass is 19.4. The van der Waals surface area contributed by atoms with E-state index in [0.29, 0.717) is 7.11 Å². The zero-order valence-corrected chi connectivity index (χ0v) is 6.21. The largest absolute Gasteiger partial charge is 0.456 e.